The smallest absolute Gasteiger partial charge is 0.262 e. The fourth-order valence-electron chi connectivity index (χ4n) is 2.72. The van der Waals surface area contributed by atoms with E-state index < -0.39 is 0 Å². The van der Waals surface area contributed by atoms with Crippen LogP contribution in [0.5, 0.6) is 5.75 Å². The van der Waals surface area contributed by atoms with Crippen molar-refractivity contribution in [2.24, 2.45) is 5.92 Å². The SMILES string of the molecule is O=C1COc2cccc(CC3CCNCC3)c2N1. The van der Waals surface area contributed by atoms with E-state index in [0.29, 0.717) is 5.92 Å². The Hall–Kier alpha value is -1.55. The molecule has 1 aromatic carbocycles. The van der Waals surface area contributed by atoms with Gasteiger partial charge in [-0.2, -0.15) is 0 Å². The maximum Gasteiger partial charge on any atom is 0.262 e. The second kappa shape index (κ2) is 4.98. The fourth-order valence-corrected chi connectivity index (χ4v) is 2.72. The van der Waals surface area contributed by atoms with E-state index in [1.54, 1.807) is 0 Å². The highest BCUT2D eigenvalue weighted by atomic mass is 16.5. The van der Waals surface area contributed by atoms with Crippen molar-refractivity contribution in [2.75, 3.05) is 25.0 Å². The van der Waals surface area contributed by atoms with Gasteiger partial charge in [0.05, 0.1) is 5.69 Å². The van der Waals surface area contributed by atoms with Crippen molar-refractivity contribution in [3.63, 3.8) is 0 Å². The van der Waals surface area contributed by atoms with Crippen molar-refractivity contribution < 1.29 is 9.53 Å². The summed E-state index contributed by atoms with van der Waals surface area (Å²) in [5.74, 6) is 1.46. The Morgan fingerprint density at radius 2 is 2.11 bits per heavy atom. The van der Waals surface area contributed by atoms with Crippen LogP contribution in [0.1, 0.15) is 18.4 Å². The van der Waals surface area contributed by atoms with Gasteiger partial charge < -0.3 is 15.4 Å². The highest BCUT2D eigenvalue weighted by molar-refractivity contribution is 5.96. The van der Waals surface area contributed by atoms with E-state index in [9.17, 15) is 4.79 Å². The Kier molecular flexibility index (Phi) is 3.19. The quantitative estimate of drug-likeness (QED) is 0.832. The summed E-state index contributed by atoms with van der Waals surface area (Å²) in [6.45, 7) is 2.33. The van der Waals surface area contributed by atoms with Gasteiger partial charge in [0.1, 0.15) is 5.75 Å². The predicted octanol–water partition coefficient (Wildman–Crippen LogP) is 1.56. The molecule has 2 heterocycles. The van der Waals surface area contributed by atoms with Gasteiger partial charge in [0.2, 0.25) is 0 Å². The minimum absolute atomic E-state index is 0.0553. The Bertz CT molecular complexity index is 453. The molecule has 0 saturated carbocycles. The molecule has 0 aliphatic carbocycles. The summed E-state index contributed by atoms with van der Waals surface area (Å²) in [6.07, 6.45) is 3.44. The molecule has 1 fully saturated rings. The third-order valence-electron chi connectivity index (χ3n) is 3.70. The lowest BCUT2D eigenvalue weighted by Gasteiger charge is -2.25. The lowest BCUT2D eigenvalue weighted by Crippen LogP contribution is -2.30. The van der Waals surface area contributed by atoms with Gasteiger partial charge >= 0.3 is 0 Å². The number of para-hydroxylation sites is 1. The third-order valence-corrected chi connectivity index (χ3v) is 3.70. The summed E-state index contributed by atoms with van der Waals surface area (Å²) in [7, 11) is 0. The molecule has 1 saturated heterocycles. The molecule has 0 aromatic heterocycles. The minimum atomic E-state index is -0.0553. The fraction of sp³-hybridized carbons (Fsp3) is 0.500. The monoisotopic (exact) mass is 246 g/mol. The molecule has 3 rings (SSSR count). The van der Waals surface area contributed by atoms with Crippen LogP contribution < -0.4 is 15.4 Å². The minimum Gasteiger partial charge on any atom is -0.482 e. The van der Waals surface area contributed by atoms with Crippen molar-refractivity contribution in [3.05, 3.63) is 23.8 Å². The lowest BCUT2D eigenvalue weighted by atomic mass is 9.90. The van der Waals surface area contributed by atoms with Crippen LogP contribution in [0.4, 0.5) is 5.69 Å². The molecule has 0 atom stereocenters. The standard InChI is InChI=1S/C14H18N2O2/c17-13-9-18-12-3-1-2-11(14(12)16-13)8-10-4-6-15-7-5-10/h1-3,10,15H,4-9H2,(H,16,17). The molecule has 2 aliphatic rings. The number of fused-ring (bicyclic) bond motifs is 1. The normalized spacial score (nSPS) is 19.9. The van der Waals surface area contributed by atoms with Crippen LogP contribution >= 0.6 is 0 Å². The van der Waals surface area contributed by atoms with E-state index in [2.05, 4.69) is 16.7 Å². The molecule has 2 aliphatic heterocycles. The van der Waals surface area contributed by atoms with Crippen LogP contribution in [0.25, 0.3) is 0 Å². The number of nitrogens with one attached hydrogen (secondary N) is 2. The molecule has 4 heteroatoms. The lowest BCUT2D eigenvalue weighted by molar-refractivity contribution is -0.118. The number of benzene rings is 1. The number of amides is 1. The van der Waals surface area contributed by atoms with E-state index in [0.717, 1.165) is 30.9 Å². The number of rotatable bonds is 2. The number of carbonyl (C=O) groups excluding carboxylic acids is 1. The maximum absolute atomic E-state index is 11.4. The van der Waals surface area contributed by atoms with Crippen molar-refractivity contribution in [2.45, 2.75) is 19.3 Å². The Labute approximate surface area is 107 Å². The van der Waals surface area contributed by atoms with Crippen molar-refractivity contribution in [1.29, 1.82) is 0 Å². The molecule has 0 bridgehead atoms. The summed E-state index contributed by atoms with van der Waals surface area (Å²) >= 11 is 0. The predicted molar refractivity (Wildman–Crippen MR) is 69.9 cm³/mol. The van der Waals surface area contributed by atoms with Crippen LogP contribution in [0.3, 0.4) is 0 Å². The molecular formula is C14H18N2O2. The number of carbonyl (C=O) groups is 1. The zero-order valence-corrected chi connectivity index (χ0v) is 10.4. The van der Waals surface area contributed by atoms with Crippen molar-refractivity contribution in [3.8, 4) is 5.75 Å². The zero-order chi connectivity index (χ0) is 12.4. The Morgan fingerprint density at radius 3 is 2.94 bits per heavy atom. The van der Waals surface area contributed by atoms with E-state index in [4.69, 9.17) is 4.74 Å². The summed E-state index contributed by atoms with van der Waals surface area (Å²) in [6, 6.07) is 6.02. The van der Waals surface area contributed by atoms with Crippen LogP contribution in [-0.2, 0) is 11.2 Å². The topological polar surface area (TPSA) is 50.4 Å². The van der Waals surface area contributed by atoms with Crippen molar-refractivity contribution in [1.82, 2.24) is 5.32 Å². The average Bonchev–Trinajstić information content (AvgIpc) is 2.41. The first-order valence-corrected chi connectivity index (χ1v) is 6.58. The van der Waals surface area contributed by atoms with E-state index >= 15 is 0 Å². The summed E-state index contributed by atoms with van der Waals surface area (Å²) in [5, 5.41) is 6.31. The van der Waals surface area contributed by atoms with Gasteiger partial charge in [-0.1, -0.05) is 12.1 Å². The summed E-state index contributed by atoms with van der Waals surface area (Å²) in [4.78, 5) is 11.4. The number of ether oxygens (including phenoxy) is 1. The van der Waals surface area contributed by atoms with Gasteiger partial charge in [0.25, 0.3) is 5.91 Å². The Balaban J connectivity index is 1.81. The molecule has 0 unspecified atom stereocenters. The van der Waals surface area contributed by atoms with E-state index in [1.165, 1.54) is 18.4 Å². The molecule has 0 spiro atoms. The molecule has 1 aromatic rings. The first-order chi connectivity index (χ1) is 8.83. The highest BCUT2D eigenvalue weighted by Gasteiger charge is 2.21. The largest absolute Gasteiger partial charge is 0.482 e. The first kappa shape index (κ1) is 11.5. The molecule has 0 radical (unpaired) electrons. The molecule has 18 heavy (non-hydrogen) atoms. The highest BCUT2D eigenvalue weighted by Crippen LogP contribution is 2.33. The number of hydrogen-bond donors (Lipinski definition) is 2. The summed E-state index contributed by atoms with van der Waals surface area (Å²) < 4.78 is 5.44. The second-order valence-corrected chi connectivity index (χ2v) is 5.02. The van der Waals surface area contributed by atoms with Gasteiger partial charge in [-0.05, 0) is 49.9 Å². The average molecular weight is 246 g/mol. The second-order valence-electron chi connectivity index (χ2n) is 5.02. The van der Waals surface area contributed by atoms with Gasteiger partial charge in [0.15, 0.2) is 6.61 Å². The van der Waals surface area contributed by atoms with Gasteiger partial charge in [-0.25, -0.2) is 0 Å². The number of piperidine rings is 1. The molecular weight excluding hydrogens is 228 g/mol. The summed E-state index contributed by atoms with van der Waals surface area (Å²) in [5.41, 5.74) is 2.08. The zero-order valence-electron chi connectivity index (χ0n) is 10.4. The van der Waals surface area contributed by atoms with Crippen LogP contribution in [0.2, 0.25) is 0 Å². The van der Waals surface area contributed by atoms with E-state index in [1.807, 2.05) is 12.1 Å². The molecule has 4 nitrogen and oxygen atoms in total. The van der Waals surface area contributed by atoms with Crippen molar-refractivity contribution >= 4 is 11.6 Å². The van der Waals surface area contributed by atoms with Gasteiger partial charge in [-0.15, -0.1) is 0 Å². The van der Waals surface area contributed by atoms with E-state index in [-0.39, 0.29) is 12.5 Å². The van der Waals surface area contributed by atoms with Gasteiger partial charge in [0, 0.05) is 0 Å². The van der Waals surface area contributed by atoms with Crippen LogP contribution in [0.15, 0.2) is 18.2 Å². The molecule has 96 valence electrons. The third kappa shape index (κ3) is 2.34. The first-order valence-electron chi connectivity index (χ1n) is 6.58. The number of anilines is 1. The molecule has 1 amide bonds. The number of hydrogen-bond acceptors (Lipinski definition) is 3. The molecule has 2 N–H and O–H groups in total. The maximum atomic E-state index is 11.4. The Morgan fingerprint density at radius 1 is 1.28 bits per heavy atom. The van der Waals surface area contributed by atoms with Crippen LogP contribution in [0, 0.1) is 5.92 Å². The van der Waals surface area contributed by atoms with Crippen LogP contribution in [-0.4, -0.2) is 25.6 Å². The van der Waals surface area contributed by atoms with Gasteiger partial charge in [-0.3, -0.25) is 4.79 Å².